The highest BCUT2D eigenvalue weighted by Gasteiger charge is 2.39. The number of aryl methyl sites for hydroxylation is 1. The molecular weight excluding hydrogens is 214 g/mol. The molecule has 1 aromatic heterocycles. The second-order valence-electron chi connectivity index (χ2n) is 5.46. The largest absolute Gasteiger partial charge is 0.332 e. The highest BCUT2D eigenvalue weighted by atomic mass is 16.1. The van der Waals surface area contributed by atoms with E-state index >= 15 is 0 Å². The number of piperidine rings is 1. The molecule has 0 saturated carbocycles. The van der Waals surface area contributed by atoms with E-state index in [-0.39, 0.29) is 11.2 Å². The molecule has 1 aromatic rings. The van der Waals surface area contributed by atoms with E-state index < -0.39 is 0 Å². The summed E-state index contributed by atoms with van der Waals surface area (Å²) >= 11 is 0. The van der Waals surface area contributed by atoms with Crippen LogP contribution < -0.4 is 5.32 Å². The van der Waals surface area contributed by atoms with E-state index in [2.05, 4.69) is 10.3 Å². The summed E-state index contributed by atoms with van der Waals surface area (Å²) < 4.78 is 1.81. The molecule has 1 N–H and O–H groups in total. The first-order valence-electron chi connectivity index (χ1n) is 6.26. The van der Waals surface area contributed by atoms with E-state index in [1.54, 1.807) is 10.8 Å². The standard InChI is InChI=1S/C13H21N3O/c1-13(2,10-5-4-6-14-9-10)11(17)12-15-7-8-16(12)3/h7-8,10,14H,4-6,9H2,1-3H3. The van der Waals surface area contributed by atoms with Crippen LogP contribution in [-0.2, 0) is 7.05 Å². The van der Waals surface area contributed by atoms with Crippen LogP contribution in [0.15, 0.2) is 12.4 Å². The predicted molar refractivity (Wildman–Crippen MR) is 66.9 cm³/mol. The van der Waals surface area contributed by atoms with Gasteiger partial charge < -0.3 is 9.88 Å². The summed E-state index contributed by atoms with van der Waals surface area (Å²) in [5.41, 5.74) is -0.341. The zero-order valence-electron chi connectivity index (χ0n) is 10.9. The molecule has 0 aromatic carbocycles. The Balaban J connectivity index is 2.19. The fourth-order valence-corrected chi connectivity index (χ4v) is 2.53. The van der Waals surface area contributed by atoms with Gasteiger partial charge in [0.1, 0.15) is 0 Å². The highest BCUT2D eigenvalue weighted by Crippen LogP contribution is 2.34. The molecule has 0 radical (unpaired) electrons. The van der Waals surface area contributed by atoms with Crippen LogP contribution in [0.25, 0.3) is 0 Å². The number of carbonyl (C=O) groups excluding carboxylic acids is 1. The molecule has 1 aliphatic heterocycles. The Hall–Kier alpha value is -1.16. The molecule has 1 unspecified atom stereocenters. The molecule has 0 bridgehead atoms. The van der Waals surface area contributed by atoms with Gasteiger partial charge in [-0.05, 0) is 31.8 Å². The Kier molecular flexibility index (Phi) is 3.33. The SMILES string of the molecule is Cn1ccnc1C(=O)C(C)(C)C1CCCNC1. The van der Waals surface area contributed by atoms with Crippen LogP contribution in [0.1, 0.15) is 37.3 Å². The summed E-state index contributed by atoms with van der Waals surface area (Å²) in [7, 11) is 1.87. The number of hydrogen-bond acceptors (Lipinski definition) is 3. The fourth-order valence-electron chi connectivity index (χ4n) is 2.53. The number of nitrogens with one attached hydrogen (secondary N) is 1. The van der Waals surface area contributed by atoms with Crippen molar-refractivity contribution in [2.24, 2.45) is 18.4 Å². The first-order chi connectivity index (χ1) is 8.03. The first kappa shape index (κ1) is 12.3. The summed E-state index contributed by atoms with van der Waals surface area (Å²) in [6, 6.07) is 0. The molecule has 4 nitrogen and oxygen atoms in total. The number of aromatic nitrogens is 2. The normalized spacial score (nSPS) is 21.5. The average Bonchev–Trinajstić information content (AvgIpc) is 2.75. The summed E-state index contributed by atoms with van der Waals surface area (Å²) in [5.74, 6) is 1.12. The van der Waals surface area contributed by atoms with E-state index in [0.29, 0.717) is 11.7 Å². The number of carbonyl (C=O) groups is 1. The Morgan fingerprint density at radius 2 is 2.35 bits per heavy atom. The number of imidazole rings is 1. The molecule has 1 aliphatic rings. The molecule has 0 aliphatic carbocycles. The Bertz CT molecular complexity index is 403. The summed E-state index contributed by atoms with van der Waals surface area (Å²) in [6.07, 6.45) is 5.78. The maximum absolute atomic E-state index is 12.5. The van der Waals surface area contributed by atoms with Gasteiger partial charge in [-0.3, -0.25) is 4.79 Å². The molecular formula is C13H21N3O. The van der Waals surface area contributed by atoms with E-state index in [0.717, 1.165) is 25.9 Å². The van der Waals surface area contributed by atoms with Crippen LogP contribution in [0, 0.1) is 11.3 Å². The fraction of sp³-hybridized carbons (Fsp3) is 0.692. The molecule has 1 fully saturated rings. The van der Waals surface area contributed by atoms with Crippen molar-refractivity contribution < 1.29 is 4.79 Å². The van der Waals surface area contributed by atoms with Crippen molar-refractivity contribution in [2.75, 3.05) is 13.1 Å². The maximum Gasteiger partial charge on any atom is 0.204 e. The van der Waals surface area contributed by atoms with E-state index in [1.165, 1.54) is 0 Å². The minimum atomic E-state index is -0.341. The van der Waals surface area contributed by atoms with Crippen LogP contribution >= 0.6 is 0 Å². The Morgan fingerprint density at radius 1 is 1.59 bits per heavy atom. The van der Waals surface area contributed by atoms with Crippen LogP contribution in [0.2, 0.25) is 0 Å². The predicted octanol–water partition coefficient (Wildman–Crippen LogP) is 1.63. The number of rotatable bonds is 3. The van der Waals surface area contributed by atoms with Crippen molar-refractivity contribution in [3.05, 3.63) is 18.2 Å². The van der Waals surface area contributed by atoms with E-state index in [1.807, 2.05) is 27.1 Å². The van der Waals surface area contributed by atoms with Crippen molar-refractivity contribution in [3.8, 4) is 0 Å². The third-order valence-electron chi connectivity index (χ3n) is 3.93. The molecule has 4 heteroatoms. The molecule has 2 rings (SSSR count). The van der Waals surface area contributed by atoms with Gasteiger partial charge in [-0.1, -0.05) is 13.8 Å². The van der Waals surface area contributed by atoms with E-state index in [9.17, 15) is 4.79 Å². The second kappa shape index (κ2) is 4.61. The van der Waals surface area contributed by atoms with Gasteiger partial charge in [-0.15, -0.1) is 0 Å². The number of Topliss-reactive ketones (excluding diaryl/α,β-unsaturated/α-hetero) is 1. The van der Waals surface area contributed by atoms with Gasteiger partial charge in [0.25, 0.3) is 0 Å². The topological polar surface area (TPSA) is 46.9 Å². The minimum absolute atomic E-state index is 0.152. The lowest BCUT2D eigenvalue weighted by molar-refractivity contribution is 0.0693. The highest BCUT2D eigenvalue weighted by molar-refractivity contribution is 5.97. The smallest absolute Gasteiger partial charge is 0.204 e. The lowest BCUT2D eigenvalue weighted by atomic mass is 9.72. The summed E-state index contributed by atoms with van der Waals surface area (Å²) in [6.45, 7) is 6.09. The van der Waals surface area contributed by atoms with Crippen molar-refractivity contribution in [1.29, 1.82) is 0 Å². The van der Waals surface area contributed by atoms with Crippen molar-refractivity contribution in [3.63, 3.8) is 0 Å². The maximum atomic E-state index is 12.5. The second-order valence-corrected chi connectivity index (χ2v) is 5.46. The molecule has 2 heterocycles. The zero-order chi connectivity index (χ0) is 12.5. The number of nitrogens with zero attached hydrogens (tertiary/aromatic N) is 2. The third-order valence-corrected chi connectivity index (χ3v) is 3.93. The van der Waals surface area contributed by atoms with Crippen LogP contribution in [0.5, 0.6) is 0 Å². The van der Waals surface area contributed by atoms with Crippen LogP contribution in [0.3, 0.4) is 0 Å². The lowest BCUT2D eigenvalue weighted by Gasteiger charge is -2.35. The summed E-state index contributed by atoms with van der Waals surface area (Å²) in [4.78, 5) is 16.7. The van der Waals surface area contributed by atoms with Gasteiger partial charge in [-0.25, -0.2) is 4.98 Å². The number of ketones is 1. The van der Waals surface area contributed by atoms with Gasteiger partial charge in [0.15, 0.2) is 5.82 Å². The van der Waals surface area contributed by atoms with Crippen LogP contribution in [-0.4, -0.2) is 28.4 Å². The van der Waals surface area contributed by atoms with Crippen molar-refractivity contribution in [1.82, 2.24) is 14.9 Å². The van der Waals surface area contributed by atoms with Gasteiger partial charge in [0, 0.05) is 24.9 Å². The van der Waals surface area contributed by atoms with Crippen molar-refractivity contribution in [2.45, 2.75) is 26.7 Å². The molecule has 1 saturated heterocycles. The monoisotopic (exact) mass is 235 g/mol. The van der Waals surface area contributed by atoms with Crippen molar-refractivity contribution >= 4 is 5.78 Å². The van der Waals surface area contributed by atoms with E-state index in [4.69, 9.17) is 0 Å². The van der Waals surface area contributed by atoms with Gasteiger partial charge in [0.2, 0.25) is 5.78 Å². The average molecular weight is 235 g/mol. The van der Waals surface area contributed by atoms with Gasteiger partial charge in [-0.2, -0.15) is 0 Å². The quantitative estimate of drug-likeness (QED) is 0.810. The minimum Gasteiger partial charge on any atom is -0.332 e. The summed E-state index contributed by atoms with van der Waals surface area (Å²) in [5, 5.41) is 3.38. The lowest BCUT2D eigenvalue weighted by Crippen LogP contribution is -2.43. The molecule has 17 heavy (non-hydrogen) atoms. The molecule has 94 valence electrons. The third kappa shape index (κ3) is 2.27. The molecule has 1 atom stereocenters. The Morgan fingerprint density at radius 3 is 2.88 bits per heavy atom. The Labute approximate surface area is 102 Å². The first-order valence-corrected chi connectivity index (χ1v) is 6.26. The van der Waals surface area contributed by atoms with Gasteiger partial charge >= 0.3 is 0 Å². The molecule has 0 amide bonds. The van der Waals surface area contributed by atoms with Crippen LogP contribution in [0.4, 0.5) is 0 Å². The zero-order valence-corrected chi connectivity index (χ0v) is 10.9. The number of hydrogen-bond donors (Lipinski definition) is 1. The molecule has 0 spiro atoms. The van der Waals surface area contributed by atoms with Gasteiger partial charge in [0.05, 0.1) is 0 Å².